The summed E-state index contributed by atoms with van der Waals surface area (Å²) in [6.07, 6.45) is 1.92. The fourth-order valence-corrected chi connectivity index (χ4v) is 2.58. The first-order valence-electron chi connectivity index (χ1n) is 5.74. The normalized spacial score (nSPS) is 12.1. The summed E-state index contributed by atoms with van der Waals surface area (Å²) in [5.74, 6) is -1.69. The van der Waals surface area contributed by atoms with Crippen molar-refractivity contribution in [2.45, 2.75) is 19.4 Å². The molecule has 2 aromatic heterocycles. The molecule has 1 unspecified atom stereocenters. The highest BCUT2D eigenvalue weighted by atomic mass is 32.1. The van der Waals surface area contributed by atoms with Gasteiger partial charge in [0.25, 0.3) is 5.91 Å². The zero-order valence-electron chi connectivity index (χ0n) is 10.2. The van der Waals surface area contributed by atoms with E-state index in [0.29, 0.717) is 0 Å². The van der Waals surface area contributed by atoms with Crippen LogP contribution in [0.1, 0.15) is 45.2 Å². The van der Waals surface area contributed by atoms with E-state index in [1.165, 1.54) is 6.33 Å². The molecular formula is C12H13N3O3S. The molecule has 0 aliphatic heterocycles. The number of carboxylic acid groups (broad SMARTS) is 1. The maximum absolute atomic E-state index is 12.0. The fraction of sp³-hybridized carbons (Fsp3) is 0.250. The third-order valence-electron chi connectivity index (χ3n) is 2.67. The first kappa shape index (κ1) is 13.3. The van der Waals surface area contributed by atoms with E-state index in [9.17, 15) is 9.59 Å². The standard InChI is InChI=1S/C12H13N3O3S/c1-2-7(8-4-3-5-19-8)15-11(16)9-10(12(17)18)14-6-13-9/h3-7H,2H2,1H3,(H,13,14)(H,15,16)(H,17,18). The highest BCUT2D eigenvalue weighted by Crippen LogP contribution is 2.22. The van der Waals surface area contributed by atoms with Crippen molar-refractivity contribution in [3.63, 3.8) is 0 Å². The lowest BCUT2D eigenvalue weighted by Crippen LogP contribution is -2.29. The lowest BCUT2D eigenvalue weighted by Gasteiger charge is -2.14. The number of hydrogen-bond donors (Lipinski definition) is 3. The molecule has 6 nitrogen and oxygen atoms in total. The van der Waals surface area contributed by atoms with Crippen LogP contribution in [0.4, 0.5) is 0 Å². The van der Waals surface area contributed by atoms with Gasteiger partial charge in [0, 0.05) is 4.88 Å². The Morgan fingerprint density at radius 2 is 2.37 bits per heavy atom. The number of carboxylic acids is 1. The second-order valence-corrected chi connectivity index (χ2v) is 4.86. The molecule has 2 rings (SSSR count). The molecular weight excluding hydrogens is 266 g/mol. The Kier molecular flexibility index (Phi) is 3.96. The summed E-state index contributed by atoms with van der Waals surface area (Å²) >= 11 is 1.55. The van der Waals surface area contributed by atoms with Crippen LogP contribution in [0.25, 0.3) is 0 Å². The number of thiophene rings is 1. The van der Waals surface area contributed by atoms with E-state index >= 15 is 0 Å². The molecule has 100 valence electrons. The van der Waals surface area contributed by atoms with Gasteiger partial charge in [0.1, 0.15) is 0 Å². The Morgan fingerprint density at radius 3 is 2.95 bits per heavy atom. The van der Waals surface area contributed by atoms with Crippen molar-refractivity contribution in [3.05, 3.63) is 40.1 Å². The van der Waals surface area contributed by atoms with Crippen molar-refractivity contribution in [3.8, 4) is 0 Å². The predicted molar refractivity (Wildman–Crippen MR) is 70.4 cm³/mol. The van der Waals surface area contributed by atoms with Gasteiger partial charge < -0.3 is 15.4 Å². The van der Waals surface area contributed by atoms with E-state index in [1.54, 1.807) is 11.3 Å². The number of nitrogens with zero attached hydrogens (tertiary/aromatic N) is 1. The molecule has 2 aromatic rings. The van der Waals surface area contributed by atoms with Gasteiger partial charge in [0.05, 0.1) is 12.4 Å². The van der Waals surface area contributed by atoms with Crippen molar-refractivity contribution in [1.29, 1.82) is 0 Å². The molecule has 0 saturated heterocycles. The maximum atomic E-state index is 12.0. The Hall–Kier alpha value is -2.15. The van der Waals surface area contributed by atoms with Crippen LogP contribution in [-0.2, 0) is 0 Å². The number of amides is 1. The molecule has 7 heteroatoms. The highest BCUT2D eigenvalue weighted by molar-refractivity contribution is 7.10. The summed E-state index contributed by atoms with van der Waals surface area (Å²) in [5, 5.41) is 13.7. The van der Waals surface area contributed by atoms with Gasteiger partial charge in [-0.3, -0.25) is 4.79 Å². The summed E-state index contributed by atoms with van der Waals surface area (Å²) in [6.45, 7) is 1.95. The van der Waals surface area contributed by atoms with E-state index in [1.807, 2.05) is 24.4 Å². The van der Waals surface area contributed by atoms with Crippen molar-refractivity contribution in [2.75, 3.05) is 0 Å². The predicted octanol–water partition coefficient (Wildman–Crippen LogP) is 2.05. The van der Waals surface area contributed by atoms with E-state index in [2.05, 4.69) is 15.3 Å². The van der Waals surface area contributed by atoms with Crippen molar-refractivity contribution >= 4 is 23.2 Å². The lowest BCUT2D eigenvalue weighted by molar-refractivity contribution is 0.0684. The van der Waals surface area contributed by atoms with Crippen LogP contribution in [0.5, 0.6) is 0 Å². The third-order valence-corrected chi connectivity index (χ3v) is 3.65. The molecule has 0 radical (unpaired) electrons. The van der Waals surface area contributed by atoms with Crippen molar-refractivity contribution < 1.29 is 14.7 Å². The number of imidazole rings is 1. The lowest BCUT2D eigenvalue weighted by atomic mass is 10.2. The van der Waals surface area contributed by atoms with Crippen LogP contribution >= 0.6 is 11.3 Å². The van der Waals surface area contributed by atoms with Crippen molar-refractivity contribution in [1.82, 2.24) is 15.3 Å². The van der Waals surface area contributed by atoms with E-state index < -0.39 is 11.9 Å². The summed E-state index contributed by atoms with van der Waals surface area (Å²) in [7, 11) is 0. The molecule has 3 N–H and O–H groups in total. The van der Waals surface area contributed by atoms with Gasteiger partial charge in [-0.15, -0.1) is 11.3 Å². The number of aromatic carboxylic acids is 1. The Balaban J connectivity index is 2.16. The fourth-order valence-electron chi connectivity index (χ4n) is 1.72. The van der Waals surface area contributed by atoms with Crippen molar-refractivity contribution in [2.24, 2.45) is 0 Å². The molecule has 0 fully saturated rings. The van der Waals surface area contributed by atoms with Gasteiger partial charge in [-0.05, 0) is 17.9 Å². The number of carbonyl (C=O) groups is 2. The van der Waals surface area contributed by atoms with Gasteiger partial charge in [-0.1, -0.05) is 13.0 Å². The number of rotatable bonds is 5. The van der Waals surface area contributed by atoms with Crippen LogP contribution in [0.2, 0.25) is 0 Å². The zero-order chi connectivity index (χ0) is 13.8. The quantitative estimate of drug-likeness (QED) is 0.780. The molecule has 0 bridgehead atoms. The highest BCUT2D eigenvalue weighted by Gasteiger charge is 2.22. The van der Waals surface area contributed by atoms with Crippen LogP contribution < -0.4 is 5.32 Å². The zero-order valence-corrected chi connectivity index (χ0v) is 11.0. The average molecular weight is 279 g/mol. The molecule has 0 aliphatic carbocycles. The van der Waals surface area contributed by atoms with Crippen LogP contribution in [0.15, 0.2) is 23.8 Å². The number of nitrogens with one attached hydrogen (secondary N) is 2. The molecule has 0 aliphatic rings. The minimum Gasteiger partial charge on any atom is -0.477 e. The second kappa shape index (κ2) is 5.66. The minimum absolute atomic E-state index is 0.0949. The second-order valence-electron chi connectivity index (χ2n) is 3.88. The van der Waals surface area contributed by atoms with Gasteiger partial charge in [-0.2, -0.15) is 0 Å². The number of aromatic nitrogens is 2. The molecule has 19 heavy (non-hydrogen) atoms. The molecule has 0 aromatic carbocycles. The van der Waals surface area contributed by atoms with Gasteiger partial charge in [0.2, 0.25) is 0 Å². The first-order valence-corrected chi connectivity index (χ1v) is 6.62. The minimum atomic E-state index is -1.20. The van der Waals surface area contributed by atoms with Gasteiger partial charge in [0.15, 0.2) is 11.4 Å². The smallest absolute Gasteiger partial charge is 0.354 e. The third kappa shape index (κ3) is 2.82. The average Bonchev–Trinajstić information content (AvgIpc) is 3.05. The van der Waals surface area contributed by atoms with Gasteiger partial charge in [-0.25, -0.2) is 9.78 Å². The van der Waals surface area contributed by atoms with E-state index in [-0.39, 0.29) is 17.4 Å². The Morgan fingerprint density at radius 1 is 1.58 bits per heavy atom. The molecule has 1 amide bonds. The number of H-pyrrole nitrogens is 1. The number of hydrogen-bond acceptors (Lipinski definition) is 4. The summed E-state index contributed by atoms with van der Waals surface area (Å²) in [5.41, 5.74) is -0.291. The molecule has 0 spiro atoms. The number of aromatic amines is 1. The number of carbonyl (C=O) groups excluding carboxylic acids is 1. The largest absolute Gasteiger partial charge is 0.477 e. The topological polar surface area (TPSA) is 95.1 Å². The Labute approximate surface area is 113 Å². The summed E-state index contributed by atoms with van der Waals surface area (Å²) < 4.78 is 0. The SMILES string of the molecule is CCC(NC(=O)c1nc[nH]c1C(=O)O)c1cccs1. The molecule has 2 heterocycles. The Bertz CT molecular complexity index is 577. The van der Waals surface area contributed by atoms with E-state index in [4.69, 9.17) is 5.11 Å². The first-order chi connectivity index (χ1) is 9.13. The van der Waals surface area contributed by atoms with E-state index in [0.717, 1.165) is 11.3 Å². The van der Waals surface area contributed by atoms with Crippen LogP contribution in [0, 0.1) is 0 Å². The maximum Gasteiger partial charge on any atom is 0.354 e. The molecule has 1 atom stereocenters. The summed E-state index contributed by atoms with van der Waals surface area (Å²) in [6, 6.07) is 3.71. The molecule has 0 saturated carbocycles. The summed E-state index contributed by atoms with van der Waals surface area (Å²) in [4.78, 5) is 30.2. The van der Waals surface area contributed by atoms with Gasteiger partial charge >= 0.3 is 5.97 Å². The monoisotopic (exact) mass is 279 g/mol. The van der Waals surface area contributed by atoms with Crippen LogP contribution in [-0.4, -0.2) is 27.0 Å². The van der Waals surface area contributed by atoms with Crippen LogP contribution in [0.3, 0.4) is 0 Å².